The molecule has 28 heavy (non-hydrogen) atoms. The molecule has 0 radical (unpaired) electrons. The van der Waals surface area contributed by atoms with E-state index in [0.29, 0.717) is 22.7 Å². The molecule has 0 aliphatic carbocycles. The zero-order chi connectivity index (χ0) is 19.9. The van der Waals surface area contributed by atoms with Gasteiger partial charge < -0.3 is 15.8 Å². The lowest BCUT2D eigenvalue weighted by Gasteiger charge is -2.15. The summed E-state index contributed by atoms with van der Waals surface area (Å²) < 4.78 is 5.85. The number of benzene rings is 3. The molecule has 0 heterocycles. The number of anilines is 1. The van der Waals surface area contributed by atoms with Crippen molar-refractivity contribution in [3.8, 4) is 11.5 Å². The third-order valence-electron chi connectivity index (χ3n) is 3.75. The number of carbonyl (C=O) groups is 2. The zero-order valence-electron chi connectivity index (χ0n) is 14.7. The van der Waals surface area contributed by atoms with Gasteiger partial charge >= 0.3 is 0 Å². The first-order chi connectivity index (χ1) is 13.5. The minimum atomic E-state index is -0.589. The van der Waals surface area contributed by atoms with Gasteiger partial charge in [0, 0.05) is 11.1 Å². The summed E-state index contributed by atoms with van der Waals surface area (Å²) in [6.07, 6.45) is 0. The lowest BCUT2D eigenvalue weighted by Crippen LogP contribution is -2.34. The third kappa shape index (κ3) is 4.93. The summed E-state index contributed by atoms with van der Waals surface area (Å²) in [6, 6.07) is 22.5. The van der Waals surface area contributed by atoms with Gasteiger partial charge in [0.1, 0.15) is 5.75 Å². The molecule has 0 unspecified atom stereocenters. The number of amides is 2. The minimum Gasteiger partial charge on any atom is -0.455 e. The van der Waals surface area contributed by atoms with Crippen LogP contribution in [0.4, 0.5) is 5.69 Å². The molecule has 0 saturated carbocycles. The van der Waals surface area contributed by atoms with Gasteiger partial charge in [-0.15, -0.1) is 0 Å². The van der Waals surface area contributed by atoms with E-state index < -0.39 is 5.91 Å². The quantitative estimate of drug-likeness (QED) is 0.577. The molecule has 2 amide bonds. The fourth-order valence-electron chi connectivity index (χ4n) is 2.40. The number of hydrogen-bond donors (Lipinski definition) is 3. The molecule has 0 bridgehead atoms. The van der Waals surface area contributed by atoms with Crippen LogP contribution >= 0.6 is 12.2 Å². The van der Waals surface area contributed by atoms with E-state index in [-0.39, 0.29) is 16.6 Å². The van der Waals surface area contributed by atoms with E-state index in [9.17, 15) is 9.59 Å². The Labute approximate surface area is 167 Å². The maximum absolute atomic E-state index is 12.3. The lowest BCUT2D eigenvalue weighted by molar-refractivity contribution is 0.0974. The standard InChI is InChI=1S/C21H17N3O3S/c22-19(25)15-11-12-18(27-16-9-5-2-6-10-16)17(13-15)23-21(28)24-20(26)14-7-3-1-4-8-14/h1-13H,(H2,22,25)(H2,23,24,26,28). The molecule has 0 saturated heterocycles. The molecule has 0 fully saturated rings. The van der Waals surface area contributed by atoms with Gasteiger partial charge in [-0.3, -0.25) is 14.9 Å². The Kier molecular flexibility index (Phi) is 5.98. The lowest BCUT2D eigenvalue weighted by atomic mass is 10.1. The van der Waals surface area contributed by atoms with Crippen LogP contribution in [0.15, 0.2) is 78.9 Å². The SMILES string of the molecule is NC(=O)c1ccc(Oc2ccccc2)c(NC(=S)NC(=O)c2ccccc2)c1. The number of rotatable bonds is 5. The van der Waals surface area contributed by atoms with E-state index in [1.807, 2.05) is 24.3 Å². The van der Waals surface area contributed by atoms with Crippen LogP contribution in [-0.4, -0.2) is 16.9 Å². The van der Waals surface area contributed by atoms with Gasteiger partial charge in [-0.05, 0) is 54.7 Å². The Morgan fingerprint density at radius 1 is 0.857 bits per heavy atom. The molecule has 3 aromatic rings. The largest absolute Gasteiger partial charge is 0.455 e. The number of carbonyl (C=O) groups excluding carboxylic acids is 2. The Morgan fingerprint density at radius 3 is 2.14 bits per heavy atom. The van der Waals surface area contributed by atoms with E-state index in [2.05, 4.69) is 10.6 Å². The van der Waals surface area contributed by atoms with Crippen LogP contribution in [0, 0.1) is 0 Å². The van der Waals surface area contributed by atoms with Gasteiger partial charge in [0.2, 0.25) is 5.91 Å². The minimum absolute atomic E-state index is 0.0633. The smallest absolute Gasteiger partial charge is 0.257 e. The van der Waals surface area contributed by atoms with Crippen molar-refractivity contribution < 1.29 is 14.3 Å². The highest BCUT2D eigenvalue weighted by Gasteiger charge is 2.13. The van der Waals surface area contributed by atoms with Gasteiger partial charge in [-0.1, -0.05) is 36.4 Å². The first kappa shape index (κ1) is 19.1. The van der Waals surface area contributed by atoms with Crippen molar-refractivity contribution in [1.29, 1.82) is 0 Å². The van der Waals surface area contributed by atoms with Crippen molar-refractivity contribution >= 4 is 34.8 Å². The second-order valence-electron chi connectivity index (χ2n) is 5.76. The number of primary amides is 1. The molecule has 3 aromatic carbocycles. The first-order valence-corrected chi connectivity index (χ1v) is 8.78. The maximum Gasteiger partial charge on any atom is 0.257 e. The summed E-state index contributed by atoms with van der Waals surface area (Å²) >= 11 is 5.23. The summed E-state index contributed by atoms with van der Waals surface area (Å²) in [5.41, 5.74) is 6.51. The van der Waals surface area contributed by atoms with E-state index in [1.165, 1.54) is 6.07 Å². The molecule has 0 atom stereocenters. The summed E-state index contributed by atoms with van der Waals surface area (Å²) in [5.74, 6) is 0.0901. The monoisotopic (exact) mass is 391 g/mol. The highest BCUT2D eigenvalue weighted by atomic mass is 32.1. The predicted molar refractivity (Wildman–Crippen MR) is 112 cm³/mol. The third-order valence-corrected chi connectivity index (χ3v) is 3.95. The molecular formula is C21H17N3O3S. The molecule has 140 valence electrons. The van der Waals surface area contributed by atoms with Crippen LogP contribution in [0.25, 0.3) is 0 Å². The molecule has 4 N–H and O–H groups in total. The Bertz CT molecular complexity index is 1010. The maximum atomic E-state index is 12.3. The molecule has 0 spiro atoms. The van der Waals surface area contributed by atoms with E-state index in [4.69, 9.17) is 22.7 Å². The van der Waals surface area contributed by atoms with Crippen LogP contribution < -0.4 is 21.1 Å². The van der Waals surface area contributed by atoms with Crippen molar-refractivity contribution in [3.05, 3.63) is 90.0 Å². The summed E-state index contributed by atoms with van der Waals surface area (Å²) in [4.78, 5) is 23.8. The fourth-order valence-corrected chi connectivity index (χ4v) is 2.61. The van der Waals surface area contributed by atoms with Crippen molar-refractivity contribution in [3.63, 3.8) is 0 Å². The average molecular weight is 391 g/mol. The highest BCUT2D eigenvalue weighted by molar-refractivity contribution is 7.80. The summed E-state index contributed by atoms with van der Waals surface area (Å²) in [7, 11) is 0. The first-order valence-electron chi connectivity index (χ1n) is 8.37. The second-order valence-corrected chi connectivity index (χ2v) is 6.17. The van der Waals surface area contributed by atoms with Gasteiger partial charge in [0.25, 0.3) is 5.91 Å². The predicted octanol–water partition coefficient (Wildman–Crippen LogP) is 3.70. The van der Waals surface area contributed by atoms with Crippen LogP contribution in [0.3, 0.4) is 0 Å². The molecule has 0 aromatic heterocycles. The zero-order valence-corrected chi connectivity index (χ0v) is 15.5. The van der Waals surface area contributed by atoms with Gasteiger partial charge in [-0.2, -0.15) is 0 Å². The number of thiocarbonyl (C=S) groups is 1. The number of hydrogen-bond acceptors (Lipinski definition) is 4. The summed E-state index contributed by atoms with van der Waals surface area (Å²) in [5, 5.41) is 5.55. The van der Waals surface area contributed by atoms with Crippen molar-refractivity contribution in [2.75, 3.05) is 5.32 Å². The number of ether oxygens (including phenoxy) is 1. The fraction of sp³-hybridized carbons (Fsp3) is 0. The number of nitrogens with one attached hydrogen (secondary N) is 2. The molecule has 0 aliphatic heterocycles. The average Bonchev–Trinajstić information content (AvgIpc) is 2.70. The molecule has 7 heteroatoms. The number of para-hydroxylation sites is 1. The van der Waals surface area contributed by atoms with Crippen molar-refractivity contribution in [2.24, 2.45) is 5.73 Å². The van der Waals surface area contributed by atoms with Crippen LogP contribution in [0.1, 0.15) is 20.7 Å². The molecule has 0 aliphatic rings. The highest BCUT2D eigenvalue weighted by Crippen LogP contribution is 2.30. The van der Waals surface area contributed by atoms with Gasteiger partial charge in [0.15, 0.2) is 10.9 Å². The summed E-state index contributed by atoms with van der Waals surface area (Å²) in [6.45, 7) is 0. The Balaban J connectivity index is 1.80. The van der Waals surface area contributed by atoms with Crippen LogP contribution in [-0.2, 0) is 0 Å². The van der Waals surface area contributed by atoms with Crippen molar-refractivity contribution in [1.82, 2.24) is 5.32 Å². The van der Waals surface area contributed by atoms with Crippen LogP contribution in [0.2, 0.25) is 0 Å². The Hall–Kier alpha value is -3.71. The molecule has 3 rings (SSSR count). The number of nitrogens with two attached hydrogens (primary N) is 1. The molecular weight excluding hydrogens is 374 g/mol. The van der Waals surface area contributed by atoms with E-state index in [0.717, 1.165) is 0 Å². The van der Waals surface area contributed by atoms with E-state index >= 15 is 0 Å². The van der Waals surface area contributed by atoms with Crippen molar-refractivity contribution in [2.45, 2.75) is 0 Å². The van der Waals surface area contributed by atoms with Crippen LogP contribution in [0.5, 0.6) is 11.5 Å². The second kappa shape index (κ2) is 8.79. The molecule has 6 nitrogen and oxygen atoms in total. The normalized spacial score (nSPS) is 10.0. The van der Waals surface area contributed by atoms with Gasteiger partial charge in [0.05, 0.1) is 5.69 Å². The Morgan fingerprint density at radius 2 is 1.50 bits per heavy atom. The topological polar surface area (TPSA) is 93.5 Å². The van der Waals surface area contributed by atoms with Gasteiger partial charge in [-0.25, -0.2) is 0 Å². The van der Waals surface area contributed by atoms with E-state index in [1.54, 1.807) is 48.5 Å².